The van der Waals surface area contributed by atoms with E-state index in [0.717, 1.165) is 36.7 Å². The first-order valence-electron chi connectivity index (χ1n) is 6.30. The van der Waals surface area contributed by atoms with Crippen LogP contribution in [0.3, 0.4) is 0 Å². The van der Waals surface area contributed by atoms with Gasteiger partial charge >= 0.3 is 0 Å². The summed E-state index contributed by atoms with van der Waals surface area (Å²) in [5.41, 5.74) is 1.42. The molecule has 1 saturated heterocycles. The van der Waals surface area contributed by atoms with E-state index < -0.39 is 0 Å². The molecule has 2 rings (SSSR count). The van der Waals surface area contributed by atoms with Crippen molar-refractivity contribution in [3.05, 3.63) is 29.3 Å². The first kappa shape index (κ1) is 13.4. The summed E-state index contributed by atoms with van der Waals surface area (Å²) in [5.74, 6) is 0.0368. The van der Waals surface area contributed by atoms with Gasteiger partial charge in [-0.1, -0.05) is 27.6 Å². The number of phenolic OH excluding ortho intramolecular Hbond substituents is 1. The molecule has 4 heteroatoms. The summed E-state index contributed by atoms with van der Waals surface area (Å²) in [6.07, 6.45) is 3.08. The summed E-state index contributed by atoms with van der Waals surface area (Å²) in [4.78, 5) is 14.4. The molecule has 1 heterocycles. The van der Waals surface area contributed by atoms with Crippen molar-refractivity contribution in [2.75, 3.05) is 11.9 Å². The van der Waals surface area contributed by atoms with Crippen LogP contribution in [0.4, 0.5) is 0 Å². The van der Waals surface area contributed by atoms with Gasteiger partial charge in [-0.2, -0.15) is 0 Å². The van der Waals surface area contributed by atoms with Crippen molar-refractivity contribution in [2.24, 2.45) is 0 Å². The molecule has 3 nitrogen and oxygen atoms in total. The second-order valence-corrected chi connectivity index (χ2v) is 5.59. The lowest BCUT2D eigenvalue weighted by atomic mass is 10.1. The molecule has 1 atom stereocenters. The highest BCUT2D eigenvalue weighted by Gasteiger charge is 2.29. The molecule has 98 valence electrons. The Morgan fingerprint density at radius 1 is 1.56 bits per heavy atom. The molecule has 0 bridgehead atoms. The molecular formula is C14H18BrNO2. The molecule has 1 aromatic carbocycles. The van der Waals surface area contributed by atoms with E-state index in [0.29, 0.717) is 11.6 Å². The molecule has 1 unspecified atom stereocenters. The third-order valence-corrected chi connectivity index (χ3v) is 3.92. The second kappa shape index (κ2) is 5.74. The van der Waals surface area contributed by atoms with Crippen LogP contribution in [0, 0.1) is 6.92 Å². The lowest BCUT2D eigenvalue weighted by Gasteiger charge is -2.24. The summed E-state index contributed by atoms with van der Waals surface area (Å²) in [6.45, 7) is 2.72. The van der Waals surface area contributed by atoms with Crippen molar-refractivity contribution in [2.45, 2.75) is 32.2 Å². The fourth-order valence-electron chi connectivity index (χ4n) is 2.51. The number of likely N-dealkylation sites (tertiary alicyclic amines) is 1. The van der Waals surface area contributed by atoms with E-state index in [9.17, 15) is 9.90 Å². The highest BCUT2D eigenvalue weighted by Crippen LogP contribution is 2.26. The highest BCUT2D eigenvalue weighted by molar-refractivity contribution is 9.09. The SMILES string of the molecule is Cc1ccc(O)c(C(=O)N2CCCC2CCBr)c1. The Balaban J connectivity index is 2.22. The van der Waals surface area contributed by atoms with Gasteiger partial charge in [0, 0.05) is 17.9 Å². The molecular weight excluding hydrogens is 294 g/mol. The molecule has 1 aliphatic rings. The lowest BCUT2D eigenvalue weighted by molar-refractivity contribution is 0.0731. The Hall–Kier alpha value is -1.03. The smallest absolute Gasteiger partial charge is 0.257 e. The van der Waals surface area contributed by atoms with Gasteiger partial charge in [0.1, 0.15) is 5.75 Å². The maximum absolute atomic E-state index is 12.5. The van der Waals surface area contributed by atoms with Crippen LogP contribution in [0.2, 0.25) is 0 Å². The number of amides is 1. The van der Waals surface area contributed by atoms with E-state index in [-0.39, 0.29) is 11.7 Å². The number of aromatic hydroxyl groups is 1. The first-order chi connectivity index (χ1) is 8.63. The summed E-state index contributed by atoms with van der Waals surface area (Å²) >= 11 is 3.43. The predicted molar refractivity (Wildman–Crippen MR) is 75.3 cm³/mol. The number of alkyl halides is 1. The van der Waals surface area contributed by atoms with Crippen LogP contribution >= 0.6 is 15.9 Å². The molecule has 1 aromatic rings. The van der Waals surface area contributed by atoms with Crippen molar-refractivity contribution in [1.29, 1.82) is 0 Å². The molecule has 1 aliphatic heterocycles. The minimum Gasteiger partial charge on any atom is -0.507 e. The zero-order valence-electron chi connectivity index (χ0n) is 10.5. The zero-order chi connectivity index (χ0) is 13.1. The maximum atomic E-state index is 12.5. The molecule has 0 aromatic heterocycles. The summed E-state index contributed by atoms with van der Waals surface area (Å²) in [6, 6.07) is 5.47. The number of benzene rings is 1. The van der Waals surface area contributed by atoms with Crippen LogP contribution in [0.1, 0.15) is 35.2 Å². The van der Waals surface area contributed by atoms with Crippen LogP contribution in [-0.2, 0) is 0 Å². The molecule has 0 spiro atoms. The maximum Gasteiger partial charge on any atom is 0.257 e. The second-order valence-electron chi connectivity index (χ2n) is 4.79. The Morgan fingerprint density at radius 2 is 2.33 bits per heavy atom. The van der Waals surface area contributed by atoms with Gasteiger partial charge in [-0.15, -0.1) is 0 Å². The number of carbonyl (C=O) groups is 1. The molecule has 1 N–H and O–H groups in total. The van der Waals surface area contributed by atoms with E-state index in [2.05, 4.69) is 15.9 Å². The Morgan fingerprint density at radius 3 is 3.06 bits per heavy atom. The van der Waals surface area contributed by atoms with Gasteiger partial charge in [0.05, 0.1) is 5.56 Å². The molecule has 1 amide bonds. The fraction of sp³-hybridized carbons (Fsp3) is 0.500. The van der Waals surface area contributed by atoms with Crippen LogP contribution in [0.25, 0.3) is 0 Å². The Bertz CT molecular complexity index is 447. The molecule has 0 aliphatic carbocycles. The normalized spacial score (nSPS) is 19.2. The van der Waals surface area contributed by atoms with Crippen LogP contribution in [0.5, 0.6) is 5.75 Å². The van der Waals surface area contributed by atoms with Crippen molar-refractivity contribution in [1.82, 2.24) is 4.90 Å². The quantitative estimate of drug-likeness (QED) is 0.871. The highest BCUT2D eigenvalue weighted by atomic mass is 79.9. The zero-order valence-corrected chi connectivity index (χ0v) is 12.1. The summed E-state index contributed by atoms with van der Waals surface area (Å²) in [7, 11) is 0. The van der Waals surface area contributed by atoms with Crippen molar-refractivity contribution < 1.29 is 9.90 Å². The van der Waals surface area contributed by atoms with Gasteiger partial charge in [-0.05, 0) is 38.3 Å². The minimum atomic E-state index is -0.0420. The van der Waals surface area contributed by atoms with Gasteiger partial charge in [0.15, 0.2) is 0 Å². The van der Waals surface area contributed by atoms with Gasteiger partial charge in [0.25, 0.3) is 5.91 Å². The number of halogens is 1. The van der Waals surface area contributed by atoms with Crippen molar-refractivity contribution in [3.63, 3.8) is 0 Å². The summed E-state index contributed by atoms with van der Waals surface area (Å²) in [5, 5.41) is 10.7. The molecule has 0 radical (unpaired) electrons. The minimum absolute atomic E-state index is 0.0420. The van der Waals surface area contributed by atoms with Crippen LogP contribution < -0.4 is 0 Å². The van der Waals surface area contributed by atoms with Gasteiger partial charge in [-0.3, -0.25) is 4.79 Å². The number of hydrogen-bond donors (Lipinski definition) is 1. The number of aryl methyl sites for hydroxylation is 1. The largest absolute Gasteiger partial charge is 0.507 e. The van der Waals surface area contributed by atoms with E-state index in [1.807, 2.05) is 17.9 Å². The van der Waals surface area contributed by atoms with Crippen LogP contribution in [-0.4, -0.2) is 33.8 Å². The third-order valence-electron chi connectivity index (χ3n) is 3.46. The average molecular weight is 312 g/mol. The number of phenols is 1. The van der Waals surface area contributed by atoms with E-state index in [1.165, 1.54) is 0 Å². The van der Waals surface area contributed by atoms with E-state index in [4.69, 9.17) is 0 Å². The molecule has 1 fully saturated rings. The monoisotopic (exact) mass is 311 g/mol. The van der Waals surface area contributed by atoms with E-state index in [1.54, 1.807) is 12.1 Å². The fourth-order valence-corrected chi connectivity index (χ4v) is 3.03. The molecule has 18 heavy (non-hydrogen) atoms. The predicted octanol–water partition coefficient (Wildman–Crippen LogP) is 3.09. The Kier molecular flexibility index (Phi) is 4.27. The standard InChI is InChI=1S/C14H18BrNO2/c1-10-4-5-13(17)12(9-10)14(18)16-8-2-3-11(16)6-7-15/h4-5,9,11,17H,2-3,6-8H2,1H3. The number of hydrogen-bond acceptors (Lipinski definition) is 2. The van der Waals surface area contributed by atoms with Gasteiger partial charge in [0.2, 0.25) is 0 Å². The Labute approximate surface area is 116 Å². The molecule has 0 saturated carbocycles. The van der Waals surface area contributed by atoms with Gasteiger partial charge < -0.3 is 10.0 Å². The first-order valence-corrected chi connectivity index (χ1v) is 7.42. The topological polar surface area (TPSA) is 40.5 Å². The third kappa shape index (κ3) is 2.69. The average Bonchev–Trinajstić information content (AvgIpc) is 2.80. The number of nitrogens with zero attached hydrogens (tertiary/aromatic N) is 1. The number of rotatable bonds is 3. The van der Waals surface area contributed by atoms with E-state index >= 15 is 0 Å². The van der Waals surface area contributed by atoms with Crippen molar-refractivity contribution in [3.8, 4) is 5.75 Å². The lowest BCUT2D eigenvalue weighted by Crippen LogP contribution is -2.35. The van der Waals surface area contributed by atoms with Crippen molar-refractivity contribution >= 4 is 21.8 Å². The number of carbonyl (C=O) groups excluding carboxylic acids is 1. The van der Waals surface area contributed by atoms with Gasteiger partial charge in [-0.25, -0.2) is 0 Å². The summed E-state index contributed by atoms with van der Waals surface area (Å²) < 4.78 is 0. The van der Waals surface area contributed by atoms with Crippen LogP contribution in [0.15, 0.2) is 18.2 Å².